The first-order valence-electron chi connectivity index (χ1n) is 9.21. The molecule has 140 valence electrons. The Morgan fingerprint density at radius 3 is 2.67 bits per heavy atom. The highest BCUT2D eigenvalue weighted by Crippen LogP contribution is 2.49. The molecular formula is C21H25N5S. The first-order chi connectivity index (χ1) is 12.9. The fourth-order valence-electron chi connectivity index (χ4n) is 3.58. The molecule has 0 radical (unpaired) electrons. The van der Waals surface area contributed by atoms with E-state index >= 15 is 0 Å². The van der Waals surface area contributed by atoms with Crippen molar-refractivity contribution in [1.29, 1.82) is 0 Å². The van der Waals surface area contributed by atoms with Gasteiger partial charge in [-0.1, -0.05) is 55.9 Å². The summed E-state index contributed by atoms with van der Waals surface area (Å²) in [6.45, 7) is 5.33. The minimum absolute atomic E-state index is 0.174. The van der Waals surface area contributed by atoms with Crippen LogP contribution >= 0.6 is 11.8 Å². The van der Waals surface area contributed by atoms with Gasteiger partial charge in [0.1, 0.15) is 17.0 Å². The highest BCUT2D eigenvalue weighted by Gasteiger charge is 2.36. The normalized spacial score (nSPS) is 19.3. The molecule has 4 rings (SSSR count). The van der Waals surface area contributed by atoms with Gasteiger partial charge in [-0.3, -0.25) is 4.99 Å². The van der Waals surface area contributed by atoms with Crippen molar-refractivity contribution in [2.24, 2.45) is 10.4 Å². The molecule has 0 amide bonds. The van der Waals surface area contributed by atoms with Crippen molar-refractivity contribution in [2.75, 3.05) is 24.3 Å². The Hall–Kier alpha value is -2.34. The molecule has 1 aromatic heterocycles. The summed E-state index contributed by atoms with van der Waals surface area (Å²) in [5, 5.41) is 4.62. The minimum atomic E-state index is 0.174. The maximum absolute atomic E-state index is 5.01. The predicted molar refractivity (Wildman–Crippen MR) is 113 cm³/mol. The number of fused-ring (bicyclic) bond motifs is 1. The second-order valence-corrected chi connectivity index (χ2v) is 9.07. The summed E-state index contributed by atoms with van der Waals surface area (Å²) in [6, 6.07) is 10.4. The molecule has 0 atom stereocenters. The third-order valence-corrected chi connectivity index (χ3v) is 6.01. The number of rotatable bonds is 3. The largest absolute Gasteiger partial charge is 0.361 e. The minimum Gasteiger partial charge on any atom is -0.361 e. The molecule has 1 aromatic carbocycles. The van der Waals surface area contributed by atoms with E-state index in [0.29, 0.717) is 6.54 Å². The van der Waals surface area contributed by atoms with Crippen LogP contribution in [0.25, 0.3) is 0 Å². The third-order valence-electron chi connectivity index (χ3n) is 4.82. The molecule has 5 nitrogen and oxygen atoms in total. The van der Waals surface area contributed by atoms with E-state index in [0.717, 1.165) is 29.4 Å². The summed E-state index contributed by atoms with van der Waals surface area (Å²) in [6.07, 6.45) is 3.62. The monoisotopic (exact) mass is 379 g/mol. The number of hydrogen-bond donors (Lipinski definition) is 1. The summed E-state index contributed by atoms with van der Waals surface area (Å²) in [4.78, 5) is 17.2. The summed E-state index contributed by atoms with van der Waals surface area (Å²) < 4.78 is 0. The molecule has 27 heavy (non-hydrogen) atoms. The molecule has 0 saturated heterocycles. The summed E-state index contributed by atoms with van der Waals surface area (Å²) in [5.74, 6) is 0.921. The number of allylic oxidation sites excluding steroid dienone is 2. The highest BCUT2D eigenvalue weighted by atomic mass is 32.2. The van der Waals surface area contributed by atoms with Crippen LogP contribution in [0.3, 0.4) is 0 Å². The standard InChI is InChI=1S/C21H25N5S/c1-21(2)10-15(22-12-14-8-6-5-7-9-14)18-16(11-21)25-17-19(26(3)4)23-13-24-20(17)27-18/h5-9,13,25H,10-12H2,1-4H3. The lowest BCUT2D eigenvalue weighted by atomic mass is 9.78. The first kappa shape index (κ1) is 18.0. The maximum Gasteiger partial charge on any atom is 0.156 e. The lowest BCUT2D eigenvalue weighted by molar-refractivity contribution is 0.373. The third kappa shape index (κ3) is 3.72. The zero-order valence-electron chi connectivity index (χ0n) is 16.3. The molecule has 1 aliphatic carbocycles. The van der Waals surface area contributed by atoms with Gasteiger partial charge in [0, 0.05) is 19.8 Å². The molecule has 0 saturated carbocycles. The molecular weight excluding hydrogens is 354 g/mol. The van der Waals surface area contributed by atoms with E-state index in [1.54, 1.807) is 18.1 Å². The zero-order chi connectivity index (χ0) is 19.0. The van der Waals surface area contributed by atoms with E-state index in [2.05, 4.69) is 53.4 Å². The van der Waals surface area contributed by atoms with Crippen LogP contribution in [-0.4, -0.2) is 29.8 Å². The van der Waals surface area contributed by atoms with Crippen LogP contribution in [0.4, 0.5) is 11.5 Å². The van der Waals surface area contributed by atoms with Crippen LogP contribution in [0, 0.1) is 5.41 Å². The topological polar surface area (TPSA) is 53.4 Å². The van der Waals surface area contributed by atoms with Crippen molar-refractivity contribution in [3.63, 3.8) is 0 Å². The number of benzene rings is 1. The molecule has 0 fully saturated rings. The Balaban J connectivity index is 1.70. The van der Waals surface area contributed by atoms with Gasteiger partial charge in [0.05, 0.1) is 17.2 Å². The number of hydrogen-bond acceptors (Lipinski definition) is 6. The van der Waals surface area contributed by atoms with E-state index in [-0.39, 0.29) is 5.41 Å². The zero-order valence-corrected chi connectivity index (χ0v) is 17.1. The number of thioether (sulfide) groups is 1. The Morgan fingerprint density at radius 1 is 1.15 bits per heavy atom. The molecule has 6 heteroatoms. The van der Waals surface area contributed by atoms with Crippen LogP contribution in [0.1, 0.15) is 32.3 Å². The van der Waals surface area contributed by atoms with Crippen molar-refractivity contribution >= 4 is 29.0 Å². The smallest absolute Gasteiger partial charge is 0.156 e. The number of aromatic nitrogens is 2. The van der Waals surface area contributed by atoms with E-state index < -0.39 is 0 Å². The fourth-order valence-corrected chi connectivity index (χ4v) is 4.62. The van der Waals surface area contributed by atoms with E-state index in [4.69, 9.17) is 4.99 Å². The molecule has 0 bridgehead atoms. The Labute approximate surface area is 165 Å². The molecule has 2 heterocycles. The average Bonchev–Trinajstić information content (AvgIpc) is 2.64. The fraction of sp³-hybridized carbons (Fsp3) is 0.381. The number of anilines is 2. The van der Waals surface area contributed by atoms with Gasteiger partial charge in [-0.2, -0.15) is 0 Å². The van der Waals surface area contributed by atoms with E-state index in [1.807, 2.05) is 25.1 Å². The number of nitrogens with one attached hydrogen (secondary N) is 1. The second-order valence-electron chi connectivity index (χ2n) is 8.07. The van der Waals surface area contributed by atoms with Crippen molar-refractivity contribution in [3.05, 3.63) is 52.8 Å². The maximum atomic E-state index is 5.01. The number of aliphatic imine (C=N–C) groups is 1. The van der Waals surface area contributed by atoms with Crippen LogP contribution in [0.5, 0.6) is 0 Å². The van der Waals surface area contributed by atoms with Crippen molar-refractivity contribution < 1.29 is 0 Å². The molecule has 1 aliphatic heterocycles. The van der Waals surface area contributed by atoms with Crippen LogP contribution in [0.15, 0.2) is 57.3 Å². The summed E-state index contributed by atoms with van der Waals surface area (Å²) in [7, 11) is 4.02. The summed E-state index contributed by atoms with van der Waals surface area (Å²) in [5.41, 5.74) is 4.84. The van der Waals surface area contributed by atoms with Crippen molar-refractivity contribution in [2.45, 2.75) is 38.3 Å². The van der Waals surface area contributed by atoms with Gasteiger partial charge in [-0.15, -0.1) is 0 Å². The molecule has 2 aromatic rings. The van der Waals surface area contributed by atoms with Crippen molar-refractivity contribution in [3.8, 4) is 0 Å². The van der Waals surface area contributed by atoms with Crippen LogP contribution in [0.2, 0.25) is 0 Å². The molecule has 0 unspecified atom stereocenters. The Morgan fingerprint density at radius 2 is 1.93 bits per heavy atom. The van der Waals surface area contributed by atoms with E-state index in [9.17, 15) is 0 Å². The average molecular weight is 380 g/mol. The quantitative estimate of drug-likeness (QED) is 0.781. The van der Waals surface area contributed by atoms with Gasteiger partial charge in [-0.05, 0) is 23.8 Å². The SMILES string of the molecule is CN(C)c1ncnc2c1NC1=C(S2)C(=NCc2ccccc2)CC(C)(C)C1. The van der Waals surface area contributed by atoms with Gasteiger partial charge in [-0.25, -0.2) is 9.97 Å². The van der Waals surface area contributed by atoms with Crippen LogP contribution in [-0.2, 0) is 6.54 Å². The number of nitrogens with zero attached hydrogens (tertiary/aromatic N) is 4. The Bertz CT molecular complexity index is 915. The van der Waals surface area contributed by atoms with Gasteiger partial charge >= 0.3 is 0 Å². The Kier molecular flexibility index (Phi) is 4.68. The molecule has 1 N–H and O–H groups in total. The molecule has 2 aliphatic rings. The van der Waals surface area contributed by atoms with Gasteiger partial charge in [0.15, 0.2) is 5.82 Å². The van der Waals surface area contributed by atoms with E-state index in [1.165, 1.54) is 21.9 Å². The van der Waals surface area contributed by atoms with Gasteiger partial charge < -0.3 is 10.2 Å². The lowest BCUT2D eigenvalue weighted by Gasteiger charge is -2.37. The van der Waals surface area contributed by atoms with Crippen molar-refractivity contribution in [1.82, 2.24) is 9.97 Å². The second kappa shape index (κ2) is 7.00. The van der Waals surface area contributed by atoms with Crippen LogP contribution < -0.4 is 10.2 Å². The summed E-state index contributed by atoms with van der Waals surface area (Å²) >= 11 is 1.73. The first-order valence-corrected chi connectivity index (χ1v) is 10.0. The lowest BCUT2D eigenvalue weighted by Crippen LogP contribution is -2.30. The van der Waals surface area contributed by atoms with Gasteiger partial charge in [0.25, 0.3) is 0 Å². The molecule has 0 spiro atoms. The highest BCUT2D eigenvalue weighted by molar-refractivity contribution is 8.04. The van der Waals surface area contributed by atoms with Gasteiger partial charge in [0.2, 0.25) is 0 Å². The predicted octanol–water partition coefficient (Wildman–Crippen LogP) is 4.73.